The van der Waals surface area contributed by atoms with E-state index in [4.69, 9.17) is 4.74 Å². The summed E-state index contributed by atoms with van der Waals surface area (Å²) in [4.78, 5) is 1.26. The smallest absolute Gasteiger partial charge is 0.132 e. The Kier molecular flexibility index (Phi) is 3.92. The van der Waals surface area contributed by atoms with Gasteiger partial charge in [0.1, 0.15) is 5.75 Å². The molecular formula is C12H17NOS. The molecule has 1 fully saturated rings. The quantitative estimate of drug-likeness (QED) is 0.792. The summed E-state index contributed by atoms with van der Waals surface area (Å²) in [5.41, 5.74) is 0. The maximum absolute atomic E-state index is 5.32. The summed E-state index contributed by atoms with van der Waals surface area (Å²) in [7, 11) is 1.73. The molecule has 0 radical (unpaired) electrons. The van der Waals surface area contributed by atoms with Crippen molar-refractivity contribution >= 4 is 11.8 Å². The molecular weight excluding hydrogens is 206 g/mol. The molecule has 3 heteroatoms. The minimum Gasteiger partial charge on any atom is -0.496 e. The van der Waals surface area contributed by atoms with E-state index in [-0.39, 0.29) is 0 Å². The Labute approximate surface area is 95.4 Å². The highest BCUT2D eigenvalue weighted by Crippen LogP contribution is 2.30. The molecule has 0 bridgehead atoms. The van der Waals surface area contributed by atoms with E-state index in [9.17, 15) is 0 Å². The predicted molar refractivity (Wildman–Crippen MR) is 64.7 cm³/mol. The lowest BCUT2D eigenvalue weighted by Gasteiger charge is -2.10. The maximum atomic E-state index is 5.32. The minimum absolute atomic E-state index is 0.819. The first kappa shape index (κ1) is 10.8. The van der Waals surface area contributed by atoms with Crippen LogP contribution < -0.4 is 10.1 Å². The molecule has 1 aliphatic heterocycles. The molecule has 1 aliphatic rings. The number of nitrogens with one attached hydrogen (secondary N) is 1. The molecule has 0 saturated carbocycles. The van der Waals surface area contributed by atoms with Crippen LogP contribution >= 0.6 is 11.8 Å². The van der Waals surface area contributed by atoms with Crippen LogP contribution in [0.1, 0.15) is 6.42 Å². The molecule has 1 unspecified atom stereocenters. The Morgan fingerprint density at radius 2 is 2.33 bits per heavy atom. The monoisotopic (exact) mass is 223 g/mol. The van der Waals surface area contributed by atoms with Gasteiger partial charge in [0, 0.05) is 10.6 Å². The van der Waals surface area contributed by atoms with Crippen LogP contribution in [0.4, 0.5) is 0 Å². The molecule has 2 nitrogen and oxygen atoms in total. The topological polar surface area (TPSA) is 21.3 Å². The summed E-state index contributed by atoms with van der Waals surface area (Å²) in [6.45, 7) is 2.35. The van der Waals surface area contributed by atoms with Crippen LogP contribution in [-0.4, -0.2) is 26.0 Å². The van der Waals surface area contributed by atoms with Crippen molar-refractivity contribution in [3.05, 3.63) is 24.3 Å². The van der Waals surface area contributed by atoms with Crippen molar-refractivity contribution in [3.63, 3.8) is 0 Å². The van der Waals surface area contributed by atoms with Gasteiger partial charge in [-0.25, -0.2) is 0 Å². The fourth-order valence-electron chi connectivity index (χ4n) is 1.80. The number of rotatable bonds is 4. The molecule has 0 aromatic heterocycles. The third kappa shape index (κ3) is 2.89. The van der Waals surface area contributed by atoms with Crippen molar-refractivity contribution in [2.45, 2.75) is 11.3 Å². The first-order valence-electron chi connectivity index (χ1n) is 5.36. The number of ether oxygens (including phenoxy) is 1. The third-order valence-corrected chi connectivity index (χ3v) is 3.99. The van der Waals surface area contributed by atoms with Crippen LogP contribution in [0.25, 0.3) is 0 Å². The van der Waals surface area contributed by atoms with E-state index < -0.39 is 0 Å². The van der Waals surface area contributed by atoms with E-state index in [1.54, 1.807) is 7.11 Å². The van der Waals surface area contributed by atoms with E-state index >= 15 is 0 Å². The van der Waals surface area contributed by atoms with Crippen LogP contribution in [0.5, 0.6) is 5.75 Å². The van der Waals surface area contributed by atoms with Gasteiger partial charge >= 0.3 is 0 Å². The minimum atomic E-state index is 0.819. The van der Waals surface area contributed by atoms with Crippen molar-refractivity contribution in [2.75, 3.05) is 26.0 Å². The Morgan fingerprint density at radius 1 is 1.47 bits per heavy atom. The van der Waals surface area contributed by atoms with Gasteiger partial charge in [0.15, 0.2) is 0 Å². The summed E-state index contributed by atoms with van der Waals surface area (Å²) in [5.74, 6) is 3.00. The van der Waals surface area contributed by atoms with Gasteiger partial charge < -0.3 is 10.1 Å². The molecule has 2 rings (SSSR count). The molecule has 1 heterocycles. The Bertz CT molecular complexity index is 310. The zero-order chi connectivity index (χ0) is 10.5. The molecule has 1 aromatic carbocycles. The number of hydrogen-bond donors (Lipinski definition) is 1. The first-order chi connectivity index (χ1) is 7.40. The van der Waals surface area contributed by atoms with Gasteiger partial charge in [-0.1, -0.05) is 12.1 Å². The lowest BCUT2D eigenvalue weighted by molar-refractivity contribution is 0.405. The van der Waals surface area contributed by atoms with Gasteiger partial charge in [-0.15, -0.1) is 11.8 Å². The molecule has 0 spiro atoms. The molecule has 1 saturated heterocycles. The van der Waals surface area contributed by atoms with Crippen molar-refractivity contribution in [3.8, 4) is 5.75 Å². The number of thioether (sulfide) groups is 1. The van der Waals surface area contributed by atoms with Crippen molar-refractivity contribution < 1.29 is 4.74 Å². The van der Waals surface area contributed by atoms with Gasteiger partial charge in [0.2, 0.25) is 0 Å². The average Bonchev–Trinajstić information content (AvgIpc) is 2.79. The Hall–Kier alpha value is -0.670. The Morgan fingerprint density at radius 3 is 3.07 bits per heavy atom. The molecule has 0 aliphatic carbocycles. The van der Waals surface area contributed by atoms with E-state index in [0.717, 1.165) is 11.7 Å². The second kappa shape index (κ2) is 5.42. The van der Waals surface area contributed by atoms with Crippen LogP contribution in [0.2, 0.25) is 0 Å². The lowest BCUT2D eigenvalue weighted by Crippen LogP contribution is -2.10. The van der Waals surface area contributed by atoms with Crippen LogP contribution in [-0.2, 0) is 0 Å². The normalized spacial score (nSPS) is 20.5. The SMILES string of the molecule is COc1ccccc1SCC1CCNC1. The van der Waals surface area contributed by atoms with Gasteiger partial charge in [0.05, 0.1) is 7.11 Å². The van der Waals surface area contributed by atoms with Crippen LogP contribution in [0.3, 0.4) is 0 Å². The molecule has 1 N–H and O–H groups in total. The lowest BCUT2D eigenvalue weighted by atomic mass is 10.2. The summed E-state index contributed by atoms with van der Waals surface area (Å²) < 4.78 is 5.32. The number of para-hydroxylation sites is 1. The zero-order valence-corrected chi connectivity index (χ0v) is 9.85. The fraction of sp³-hybridized carbons (Fsp3) is 0.500. The maximum Gasteiger partial charge on any atom is 0.132 e. The summed E-state index contributed by atoms with van der Waals surface area (Å²) >= 11 is 1.90. The zero-order valence-electron chi connectivity index (χ0n) is 9.03. The largest absolute Gasteiger partial charge is 0.496 e. The highest BCUT2D eigenvalue weighted by molar-refractivity contribution is 7.99. The summed E-state index contributed by atoms with van der Waals surface area (Å²) in [5, 5.41) is 3.39. The summed E-state index contributed by atoms with van der Waals surface area (Å²) in [6, 6.07) is 8.24. The molecule has 1 aromatic rings. The van der Waals surface area contributed by atoms with Crippen molar-refractivity contribution in [1.82, 2.24) is 5.32 Å². The molecule has 0 amide bonds. The average molecular weight is 223 g/mol. The fourth-order valence-corrected chi connectivity index (χ4v) is 2.97. The highest BCUT2D eigenvalue weighted by atomic mass is 32.2. The van der Waals surface area contributed by atoms with Crippen molar-refractivity contribution in [1.29, 1.82) is 0 Å². The number of benzene rings is 1. The first-order valence-corrected chi connectivity index (χ1v) is 6.35. The van der Waals surface area contributed by atoms with Gasteiger partial charge in [0.25, 0.3) is 0 Å². The predicted octanol–water partition coefficient (Wildman–Crippen LogP) is 2.40. The van der Waals surface area contributed by atoms with E-state index in [1.807, 2.05) is 23.9 Å². The Balaban J connectivity index is 1.91. The third-order valence-electron chi connectivity index (χ3n) is 2.71. The highest BCUT2D eigenvalue weighted by Gasteiger charge is 2.15. The second-order valence-corrected chi connectivity index (χ2v) is 4.88. The molecule has 82 valence electrons. The summed E-state index contributed by atoms with van der Waals surface area (Å²) in [6.07, 6.45) is 1.31. The number of methoxy groups -OCH3 is 1. The van der Waals surface area contributed by atoms with E-state index in [1.165, 1.54) is 30.2 Å². The molecule has 15 heavy (non-hydrogen) atoms. The van der Waals surface area contributed by atoms with Crippen LogP contribution in [0.15, 0.2) is 29.2 Å². The van der Waals surface area contributed by atoms with Crippen molar-refractivity contribution in [2.24, 2.45) is 5.92 Å². The van der Waals surface area contributed by atoms with E-state index in [0.29, 0.717) is 0 Å². The van der Waals surface area contributed by atoms with E-state index in [2.05, 4.69) is 17.4 Å². The van der Waals surface area contributed by atoms with Gasteiger partial charge in [-0.05, 0) is 37.6 Å². The molecule has 1 atom stereocenters. The van der Waals surface area contributed by atoms with Gasteiger partial charge in [-0.2, -0.15) is 0 Å². The van der Waals surface area contributed by atoms with Crippen LogP contribution in [0, 0.1) is 5.92 Å². The second-order valence-electron chi connectivity index (χ2n) is 3.82. The standard InChI is InChI=1S/C12H17NOS/c1-14-11-4-2-3-5-12(11)15-9-10-6-7-13-8-10/h2-5,10,13H,6-9H2,1H3. The van der Waals surface area contributed by atoms with Gasteiger partial charge in [-0.3, -0.25) is 0 Å². The number of hydrogen-bond acceptors (Lipinski definition) is 3.